The Morgan fingerprint density at radius 3 is 3.10 bits per heavy atom. The minimum atomic E-state index is -0.445. The standard InChI is InChI=1S/C12H13N5O3/c13-3-6-4-17(8-2-1-7(5-18)20-8)10-9(6)11(19)16-12(14)15-10/h4,7-8,18H,1-2,5H2,(H3,14,15,16,19)/t7-,8+/m0/s1. The van der Waals surface area contributed by atoms with Gasteiger partial charge in [-0.25, -0.2) is 0 Å². The molecule has 1 aliphatic heterocycles. The van der Waals surface area contributed by atoms with Crippen LogP contribution in [0.25, 0.3) is 11.0 Å². The molecule has 0 aromatic carbocycles. The summed E-state index contributed by atoms with van der Waals surface area (Å²) in [5, 5.41) is 18.4. The number of ether oxygens (including phenoxy) is 1. The van der Waals surface area contributed by atoms with Gasteiger partial charge in [-0.05, 0) is 12.8 Å². The quantitative estimate of drug-likeness (QED) is 0.698. The minimum absolute atomic E-state index is 0.0111. The molecule has 20 heavy (non-hydrogen) atoms. The second-order valence-corrected chi connectivity index (χ2v) is 4.68. The van der Waals surface area contributed by atoms with Crippen molar-refractivity contribution >= 4 is 17.0 Å². The van der Waals surface area contributed by atoms with Crippen LogP contribution in [0.4, 0.5) is 5.95 Å². The van der Waals surface area contributed by atoms with Gasteiger partial charge in [-0.1, -0.05) is 0 Å². The normalized spacial score (nSPS) is 22.2. The van der Waals surface area contributed by atoms with Gasteiger partial charge in [0.1, 0.15) is 17.7 Å². The van der Waals surface area contributed by atoms with Crippen molar-refractivity contribution in [2.45, 2.75) is 25.2 Å². The van der Waals surface area contributed by atoms with Crippen LogP contribution in [0.15, 0.2) is 11.0 Å². The van der Waals surface area contributed by atoms with Crippen molar-refractivity contribution in [2.24, 2.45) is 0 Å². The second kappa shape index (κ2) is 4.63. The molecule has 0 unspecified atom stereocenters. The van der Waals surface area contributed by atoms with Crippen LogP contribution < -0.4 is 11.3 Å². The van der Waals surface area contributed by atoms with E-state index in [0.717, 1.165) is 0 Å². The molecular formula is C12H13N5O3. The van der Waals surface area contributed by atoms with E-state index in [4.69, 9.17) is 20.8 Å². The minimum Gasteiger partial charge on any atom is -0.394 e. The maximum absolute atomic E-state index is 11.9. The Morgan fingerprint density at radius 2 is 2.45 bits per heavy atom. The van der Waals surface area contributed by atoms with Gasteiger partial charge in [-0.15, -0.1) is 0 Å². The number of nitrogens with zero attached hydrogens (tertiary/aromatic N) is 3. The summed E-state index contributed by atoms with van der Waals surface area (Å²) in [4.78, 5) is 18.4. The molecule has 0 amide bonds. The fourth-order valence-electron chi connectivity index (χ4n) is 2.50. The molecule has 0 radical (unpaired) electrons. The monoisotopic (exact) mass is 275 g/mol. The molecule has 0 aliphatic carbocycles. The van der Waals surface area contributed by atoms with Crippen molar-refractivity contribution in [1.82, 2.24) is 14.5 Å². The van der Waals surface area contributed by atoms with Crippen LogP contribution in [-0.4, -0.2) is 32.4 Å². The highest BCUT2D eigenvalue weighted by atomic mass is 16.5. The Labute approximate surface area is 113 Å². The summed E-state index contributed by atoms with van der Waals surface area (Å²) in [6.07, 6.45) is 2.33. The molecule has 8 nitrogen and oxygen atoms in total. The number of aliphatic hydroxyl groups is 1. The zero-order valence-electron chi connectivity index (χ0n) is 10.5. The van der Waals surface area contributed by atoms with Gasteiger partial charge in [-0.3, -0.25) is 9.78 Å². The molecule has 2 aromatic rings. The Bertz CT molecular complexity index is 757. The Hall–Kier alpha value is -2.37. The summed E-state index contributed by atoms with van der Waals surface area (Å²) < 4.78 is 7.29. The van der Waals surface area contributed by atoms with Crippen LogP contribution in [0.2, 0.25) is 0 Å². The van der Waals surface area contributed by atoms with Crippen molar-refractivity contribution in [3.05, 3.63) is 22.1 Å². The first-order valence-corrected chi connectivity index (χ1v) is 6.20. The number of nitrogen functional groups attached to an aromatic ring is 1. The van der Waals surface area contributed by atoms with Crippen LogP contribution >= 0.6 is 0 Å². The molecule has 1 fully saturated rings. The Kier molecular flexibility index (Phi) is 2.93. The smallest absolute Gasteiger partial charge is 0.263 e. The van der Waals surface area contributed by atoms with E-state index in [2.05, 4.69) is 9.97 Å². The molecule has 8 heteroatoms. The number of hydrogen-bond donors (Lipinski definition) is 3. The van der Waals surface area contributed by atoms with Crippen LogP contribution in [0.3, 0.4) is 0 Å². The van der Waals surface area contributed by atoms with Gasteiger partial charge in [0, 0.05) is 6.20 Å². The maximum Gasteiger partial charge on any atom is 0.263 e. The maximum atomic E-state index is 11.9. The van der Waals surface area contributed by atoms with Gasteiger partial charge in [-0.2, -0.15) is 10.2 Å². The number of aromatic nitrogens is 3. The third-order valence-electron chi connectivity index (χ3n) is 3.42. The SMILES string of the molecule is N#Cc1cn([C@H]2CC[C@@H](CO)O2)c2nc(N)[nH]c(=O)c12. The first kappa shape index (κ1) is 12.7. The van der Waals surface area contributed by atoms with Gasteiger partial charge in [0.05, 0.1) is 18.3 Å². The lowest BCUT2D eigenvalue weighted by atomic mass is 10.2. The molecule has 0 spiro atoms. The predicted octanol–water partition coefficient (Wildman–Crippen LogP) is -0.152. The molecule has 3 rings (SSSR count). The highest BCUT2D eigenvalue weighted by Gasteiger charge is 2.28. The summed E-state index contributed by atoms with van der Waals surface area (Å²) in [5.41, 5.74) is 5.66. The third-order valence-corrected chi connectivity index (χ3v) is 3.42. The first-order chi connectivity index (χ1) is 9.63. The molecular weight excluding hydrogens is 262 g/mol. The lowest BCUT2D eigenvalue weighted by molar-refractivity contribution is -0.0204. The fraction of sp³-hybridized carbons (Fsp3) is 0.417. The van der Waals surface area contributed by atoms with E-state index in [1.165, 1.54) is 6.20 Å². The van der Waals surface area contributed by atoms with Crippen LogP contribution in [0.1, 0.15) is 24.6 Å². The summed E-state index contributed by atoms with van der Waals surface area (Å²) in [6.45, 7) is -0.0586. The van der Waals surface area contributed by atoms with E-state index in [0.29, 0.717) is 18.5 Å². The average molecular weight is 275 g/mol. The van der Waals surface area contributed by atoms with Gasteiger partial charge in [0.15, 0.2) is 5.65 Å². The highest BCUT2D eigenvalue weighted by molar-refractivity contribution is 5.83. The van der Waals surface area contributed by atoms with Gasteiger partial charge >= 0.3 is 0 Å². The van der Waals surface area contributed by atoms with Crippen LogP contribution in [-0.2, 0) is 4.74 Å². The van der Waals surface area contributed by atoms with Crippen molar-refractivity contribution in [3.8, 4) is 6.07 Å². The largest absolute Gasteiger partial charge is 0.394 e. The zero-order valence-corrected chi connectivity index (χ0v) is 10.5. The Balaban J connectivity index is 2.17. The molecule has 1 aliphatic rings. The number of aliphatic hydroxyl groups excluding tert-OH is 1. The van der Waals surface area contributed by atoms with Crippen molar-refractivity contribution in [2.75, 3.05) is 12.3 Å². The van der Waals surface area contributed by atoms with E-state index in [1.54, 1.807) is 4.57 Å². The van der Waals surface area contributed by atoms with E-state index in [9.17, 15) is 4.79 Å². The lowest BCUT2D eigenvalue weighted by Gasteiger charge is -2.14. The van der Waals surface area contributed by atoms with Crippen LogP contribution in [0, 0.1) is 11.3 Å². The number of hydrogen-bond acceptors (Lipinski definition) is 6. The van der Waals surface area contributed by atoms with E-state index in [-0.39, 0.29) is 35.8 Å². The molecule has 104 valence electrons. The zero-order chi connectivity index (χ0) is 14.3. The second-order valence-electron chi connectivity index (χ2n) is 4.68. The molecule has 3 heterocycles. The average Bonchev–Trinajstić information content (AvgIpc) is 3.01. The van der Waals surface area contributed by atoms with Crippen molar-refractivity contribution in [3.63, 3.8) is 0 Å². The third kappa shape index (κ3) is 1.84. The fourth-order valence-corrected chi connectivity index (χ4v) is 2.50. The van der Waals surface area contributed by atoms with Crippen LogP contribution in [0.5, 0.6) is 0 Å². The first-order valence-electron chi connectivity index (χ1n) is 6.20. The number of H-pyrrole nitrogens is 1. The molecule has 2 aromatic heterocycles. The molecule has 0 saturated carbocycles. The summed E-state index contributed by atoms with van der Waals surface area (Å²) in [5.74, 6) is -0.0111. The van der Waals surface area contributed by atoms with E-state index < -0.39 is 5.56 Å². The summed E-state index contributed by atoms with van der Waals surface area (Å²) in [6, 6.07) is 1.97. The number of fused-ring (bicyclic) bond motifs is 1. The van der Waals surface area contributed by atoms with Crippen molar-refractivity contribution in [1.29, 1.82) is 5.26 Å². The van der Waals surface area contributed by atoms with Gasteiger partial charge in [0.2, 0.25) is 5.95 Å². The van der Waals surface area contributed by atoms with Crippen molar-refractivity contribution < 1.29 is 9.84 Å². The predicted molar refractivity (Wildman–Crippen MR) is 69.7 cm³/mol. The highest BCUT2D eigenvalue weighted by Crippen LogP contribution is 2.31. The number of rotatable bonds is 2. The van der Waals surface area contributed by atoms with Gasteiger partial charge < -0.3 is 20.1 Å². The molecule has 1 saturated heterocycles. The number of aromatic amines is 1. The number of nitrogens with two attached hydrogens (primary N) is 1. The molecule has 2 atom stereocenters. The molecule has 4 N–H and O–H groups in total. The Morgan fingerprint density at radius 1 is 1.65 bits per heavy atom. The summed E-state index contributed by atoms with van der Waals surface area (Å²) >= 11 is 0. The lowest BCUT2D eigenvalue weighted by Crippen LogP contribution is -2.16. The topological polar surface area (TPSA) is 130 Å². The van der Waals surface area contributed by atoms with E-state index >= 15 is 0 Å². The molecule has 0 bridgehead atoms. The summed E-state index contributed by atoms with van der Waals surface area (Å²) in [7, 11) is 0. The number of nitriles is 1. The van der Waals surface area contributed by atoms with Gasteiger partial charge in [0.25, 0.3) is 5.56 Å². The number of nitrogens with one attached hydrogen (secondary N) is 1. The number of anilines is 1. The van der Waals surface area contributed by atoms with E-state index in [1.807, 2.05) is 6.07 Å².